The predicted molar refractivity (Wildman–Crippen MR) is 191 cm³/mol. The van der Waals surface area contributed by atoms with E-state index >= 15 is 17.6 Å². The second-order valence-electron chi connectivity index (χ2n) is 12.4. The van der Waals surface area contributed by atoms with Gasteiger partial charge in [-0.15, -0.1) is 0 Å². The Morgan fingerprint density at radius 3 is 1.31 bits per heavy atom. The molecule has 0 spiro atoms. The van der Waals surface area contributed by atoms with Crippen molar-refractivity contribution in [2.45, 2.75) is 48.0 Å². The molecule has 0 saturated heterocycles. The number of nitrogens with one attached hydrogen (secondary N) is 2. The van der Waals surface area contributed by atoms with E-state index in [1.807, 2.05) is 0 Å². The molecule has 4 aromatic rings. The van der Waals surface area contributed by atoms with Crippen LogP contribution in [0.3, 0.4) is 0 Å². The molecule has 0 fully saturated rings. The third-order valence-corrected chi connectivity index (χ3v) is 10.6. The number of alkyl halides is 4. The van der Waals surface area contributed by atoms with Crippen molar-refractivity contribution in [3.05, 3.63) is 155 Å². The molecule has 0 amide bonds. The maximum atomic E-state index is 15.9. The molecular weight excluding hydrogens is 742 g/mol. The van der Waals surface area contributed by atoms with Crippen LogP contribution >= 0.6 is 31.5 Å². The molecule has 0 aliphatic heterocycles. The van der Waals surface area contributed by atoms with Crippen LogP contribution in [0.15, 0.2) is 133 Å². The molecule has 268 valence electrons. The smallest absolute Gasteiger partial charge is 0.376 e. The normalized spacial score (nSPS) is 22.9. The summed E-state index contributed by atoms with van der Waals surface area (Å²) in [5.41, 5.74) is -3.07. The highest BCUT2D eigenvalue weighted by Gasteiger charge is 2.61. The van der Waals surface area contributed by atoms with Crippen molar-refractivity contribution in [2.75, 3.05) is 10.6 Å². The molecule has 2 aliphatic rings. The Morgan fingerprint density at radius 1 is 0.596 bits per heavy atom. The van der Waals surface area contributed by atoms with E-state index in [-0.39, 0.29) is 21.2 Å². The molecule has 0 unspecified atom stereocenters. The summed E-state index contributed by atoms with van der Waals surface area (Å²) in [7, 11) is -4.24. The summed E-state index contributed by atoms with van der Waals surface area (Å²) in [4.78, 5) is 27.1. The van der Waals surface area contributed by atoms with Crippen LogP contribution in [0.25, 0.3) is 0 Å². The van der Waals surface area contributed by atoms with Crippen molar-refractivity contribution < 1.29 is 40.8 Å². The van der Waals surface area contributed by atoms with E-state index in [9.17, 15) is 14.2 Å². The van der Waals surface area contributed by atoms with Crippen LogP contribution < -0.4 is 10.6 Å². The zero-order valence-corrected chi connectivity index (χ0v) is 29.4. The number of allylic oxidation sites excluding steroid dienone is 2. The Hall–Kier alpha value is -4.38. The van der Waals surface area contributed by atoms with Gasteiger partial charge in [0.25, 0.3) is 0 Å². The molecule has 2 N–H and O–H groups in total. The fraction of sp³-hybridized carbons (Fsp3) is 0.211. The quantitative estimate of drug-likeness (QED) is 0.0974. The lowest BCUT2D eigenvalue weighted by Gasteiger charge is -2.37. The number of hydrogen-bond acceptors (Lipinski definition) is 7. The monoisotopic (exact) mass is 771 g/mol. The first-order valence-electron chi connectivity index (χ1n) is 16.0. The Kier molecular flexibility index (Phi) is 10.7. The van der Waals surface area contributed by atoms with Crippen molar-refractivity contribution in [3.63, 3.8) is 0 Å². The summed E-state index contributed by atoms with van der Waals surface area (Å²) in [6, 6.07) is 26.1. The van der Waals surface area contributed by atoms with Crippen LogP contribution in [0.4, 0.5) is 28.9 Å². The summed E-state index contributed by atoms with van der Waals surface area (Å²) in [6.45, 7) is 0. The molecule has 0 saturated carbocycles. The van der Waals surface area contributed by atoms with Crippen molar-refractivity contribution in [2.24, 2.45) is 0 Å². The Labute approximate surface area is 307 Å². The van der Waals surface area contributed by atoms with Crippen molar-refractivity contribution >= 4 is 54.4 Å². The van der Waals surface area contributed by atoms with E-state index in [1.54, 1.807) is 84.9 Å². The molecule has 0 radical (unpaired) electrons. The highest BCUT2D eigenvalue weighted by atomic mass is 35.5. The van der Waals surface area contributed by atoms with E-state index < -0.39 is 67.8 Å². The van der Waals surface area contributed by atoms with E-state index in [0.717, 1.165) is 12.2 Å². The second-order valence-corrected chi connectivity index (χ2v) is 14.0. The zero-order valence-electron chi connectivity index (χ0n) is 27.0. The van der Waals surface area contributed by atoms with Gasteiger partial charge < -0.3 is 10.6 Å². The van der Waals surface area contributed by atoms with E-state index in [1.165, 1.54) is 36.4 Å². The van der Waals surface area contributed by atoms with Gasteiger partial charge in [0.15, 0.2) is 11.6 Å². The van der Waals surface area contributed by atoms with Gasteiger partial charge in [0.05, 0.1) is 57.2 Å². The lowest BCUT2D eigenvalue weighted by atomic mass is 9.71. The topological polar surface area (TPSA) is 93.7 Å². The summed E-state index contributed by atoms with van der Waals surface area (Å²) in [6.07, 6.45) is -6.67. The maximum absolute atomic E-state index is 15.9. The molecule has 4 aromatic carbocycles. The lowest BCUT2D eigenvalue weighted by molar-refractivity contribution is -0.224. The van der Waals surface area contributed by atoms with Crippen LogP contribution in [0.1, 0.15) is 24.0 Å². The van der Waals surface area contributed by atoms with Gasteiger partial charge >= 0.3 is 20.5 Å². The fourth-order valence-electron chi connectivity index (χ4n) is 6.80. The number of benzene rings is 4. The molecular formula is C38H30Cl2F4N2O5P+. The van der Waals surface area contributed by atoms with Gasteiger partial charge in [-0.05, 0) is 56.6 Å². The first-order valence-corrected chi connectivity index (χ1v) is 17.8. The highest BCUT2D eigenvalue weighted by Crippen LogP contribution is 2.51. The minimum Gasteiger partial charge on any atom is -0.376 e. The number of para-hydroxylation sites is 2. The molecule has 7 nitrogen and oxygen atoms in total. The first kappa shape index (κ1) is 37.4. The maximum Gasteiger partial charge on any atom is 0.709 e. The van der Waals surface area contributed by atoms with Gasteiger partial charge in [-0.1, -0.05) is 120 Å². The summed E-state index contributed by atoms with van der Waals surface area (Å²) in [5, 5.41) is 6.57. The standard InChI is InChI=1S/C38H30Cl2F4N2O5P/c39-27-15-7-9-17-29(27)45-31-19-21-33(47)35(31,25-11-3-1-4-12-25)23-37(41,42)50-52(49)51-38(43,44)24-36(26-13-5-2-6-14-26)32(20-22-34(36)48)46-30-18-10-8-16-28(30)40/h1-22,31-32,45-46H,23-24H2/q+1/t31-,32-,35-,36-/m1/s1. The van der Waals surface area contributed by atoms with Crippen LogP contribution in [0.5, 0.6) is 0 Å². The number of anilines is 2. The number of halogens is 6. The minimum atomic E-state index is -4.45. The van der Waals surface area contributed by atoms with Crippen LogP contribution in [-0.2, 0) is 34.0 Å². The van der Waals surface area contributed by atoms with Crippen LogP contribution in [0.2, 0.25) is 10.0 Å². The third kappa shape index (κ3) is 7.56. The Balaban J connectivity index is 1.25. The highest BCUT2D eigenvalue weighted by molar-refractivity contribution is 7.33. The van der Waals surface area contributed by atoms with Gasteiger partial charge in [-0.3, -0.25) is 9.59 Å². The molecule has 6 rings (SSSR count). The molecule has 0 heterocycles. The van der Waals surface area contributed by atoms with Crippen molar-refractivity contribution in [1.29, 1.82) is 0 Å². The summed E-state index contributed by atoms with van der Waals surface area (Å²) >= 11 is 12.6. The van der Waals surface area contributed by atoms with Crippen molar-refractivity contribution in [3.8, 4) is 0 Å². The average Bonchev–Trinajstić information content (AvgIpc) is 3.58. The number of carbonyl (C=O) groups excluding carboxylic acids is 2. The van der Waals surface area contributed by atoms with Gasteiger partial charge in [0.2, 0.25) is 0 Å². The predicted octanol–water partition coefficient (Wildman–Crippen LogP) is 10.1. The molecule has 2 aliphatic carbocycles. The van der Waals surface area contributed by atoms with Crippen LogP contribution in [0, 0.1) is 0 Å². The largest absolute Gasteiger partial charge is 0.709 e. The molecule has 0 aromatic heterocycles. The number of hydrogen-bond donors (Lipinski definition) is 2. The SMILES string of the molecule is O=C1C=C[C@@H](Nc2ccccc2Cl)[C@@]1(CC(F)(F)O[P+](=O)OC(F)(F)C[C@]1(c2ccccc2)C(=O)C=C[C@H]1Nc1ccccc1Cl)c1ccccc1. The van der Waals surface area contributed by atoms with Crippen LogP contribution in [-0.4, -0.2) is 35.9 Å². The number of ketones is 2. The second kappa shape index (κ2) is 14.9. The molecule has 52 heavy (non-hydrogen) atoms. The van der Waals surface area contributed by atoms with Gasteiger partial charge in [0, 0.05) is 4.57 Å². The summed E-state index contributed by atoms with van der Waals surface area (Å²) < 4.78 is 85.4. The molecule has 4 atom stereocenters. The number of carbonyl (C=O) groups is 2. The molecule has 0 bridgehead atoms. The molecule has 14 heteroatoms. The Morgan fingerprint density at radius 2 is 0.942 bits per heavy atom. The van der Waals surface area contributed by atoms with E-state index in [2.05, 4.69) is 19.7 Å². The van der Waals surface area contributed by atoms with Gasteiger partial charge in [-0.25, -0.2) is 0 Å². The number of rotatable bonds is 14. The van der Waals surface area contributed by atoms with E-state index in [0.29, 0.717) is 11.4 Å². The third-order valence-electron chi connectivity index (χ3n) is 9.15. The fourth-order valence-corrected chi connectivity index (χ4v) is 7.78. The minimum absolute atomic E-state index is 0.161. The summed E-state index contributed by atoms with van der Waals surface area (Å²) in [5.74, 6) is -1.47. The van der Waals surface area contributed by atoms with Gasteiger partial charge in [0.1, 0.15) is 0 Å². The first-order chi connectivity index (χ1) is 24.8. The van der Waals surface area contributed by atoms with E-state index in [4.69, 9.17) is 23.2 Å². The Bertz CT molecular complexity index is 1900. The average molecular weight is 773 g/mol. The lowest BCUT2D eigenvalue weighted by Crippen LogP contribution is -2.50. The van der Waals surface area contributed by atoms with Gasteiger partial charge in [-0.2, -0.15) is 17.6 Å². The zero-order chi connectivity index (χ0) is 37.1. The van der Waals surface area contributed by atoms with Crippen molar-refractivity contribution in [1.82, 2.24) is 0 Å².